The molecule has 0 aliphatic rings. The van der Waals surface area contributed by atoms with E-state index in [-0.39, 0.29) is 6.61 Å². The quantitative estimate of drug-likeness (QED) is 0.873. The van der Waals surface area contributed by atoms with E-state index in [1.54, 1.807) is 32.2 Å². The highest BCUT2D eigenvalue weighted by atomic mass is 16.5. The largest absolute Gasteiger partial charge is 0.497 e. The molecule has 0 amide bonds. The molecule has 1 aromatic carbocycles. The standard InChI is InChI=1S/C14H18N2O4/c1-4-14-15-13(16-20-14)8-19-12-7-10(18-3)5-6-11(12)9(2)17/h5-7,9,17H,4,8H2,1-3H3/t9-/m1/s1. The molecule has 0 spiro atoms. The summed E-state index contributed by atoms with van der Waals surface area (Å²) < 4.78 is 15.8. The second-order valence-electron chi connectivity index (χ2n) is 4.33. The fourth-order valence-electron chi connectivity index (χ4n) is 1.75. The van der Waals surface area contributed by atoms with Gasteiger partial charge in [-0.1, -0.05) is 12.1 Å². The first-order chi connectivity index (χ1) is 9.63. The van der Waals surface area contributed by atoms with Gasteiger partial charge in [0.05, 0.1) is 13.2 Å². The summed E-state index contributed by atoms with van der Waals surface area (Å²) in [6, 6.07) is 5.27. The Morgan fingerprint density at radius 1 is 1.40 bits per heavy atom. The van der Waals surface area contributed by atoms with Gasteiger partial charge < -0.3 is 19.1 Å². The minimum absolute atomic E-state index is 0.177. The topological polar surface area (TPSA) is 77.6 Å². The highest BCUT2D eigenvalue weighted by Crippen LogP contribution is 2.29. The predicted octanol–water partition coefficient (Wildman–Crippen LogP) is 2.27. The Morgan fingerprint density at radius 3 is 2.80 bits per heavy atom. The summed E-state index contributed by atoms with van der Waals surface area (Å²) in [5, 5.41) is 13.6. The van der Waals surface area contributed by atoms with E-state index in [9.17, 15) is 5.11 Å². The zero-order chi connectivity index (χ0) is 14.5. The van der Waals surface area contributed by atoms with Crippen LogP contribution in [0.4, 0.5) is 0 Å². The van der Waals surface area contributed by atoms with Gasteiger partial charge in [-0.05, 0) is 19.1 Å². The Morgan fingerprint density at radius 2 is 2.20 bits per heavy atom. The van der Waals surface area contributed by atoms with E-state index in [2.05, 4.69) is 10.1 Å². The molecule has 6 nitrogen and oxygen atoms in total. The summed E-state index contributed by atoms with van der Waals surface area (Å²) in [6.45, 7) is 3.79. The van der Waals surface area contributed by atoms with E-state index < -0.39 is 6.10 Å². The molecule has 6 heteroatoms. The summed E-state index contributed by atoms with van der Waals surface area (Å²) in [5.41, 5.74) is 0.685. The molecule has 0 unspecified atom stereocenters. The molecule has 1 aromatic heterocycles. The zero-order valence-corrected chi connectivity index (χ0v) is 11.8. The first-order valence-electron chi connectivity index (χ1n) is 6.44. The molecular weight excluding hydrogens is 260 g/mol. The van der Waals surface area contributed by atoms with E-state index in [1.165, 1.54) is 0 Å². The van der Waals surface area contributed by atoms with Crippen LogP contribution in [0.3, 0.4) is 0 Å². The molecule has 20 heavy (non-hydrogen) atoms. The van der Waals surface area contributed by atoms with Crippen molar-refractivity contribution in [2.75, 3.05) is 7.11 Å². The van der Waals surface area contributed by atoms with Gasteiger partial charge in [0, 0.05) is 18.1 Å². The monoisotopic (exact) mass is 278 g/mol. The number of benzene rings is 1. The van der Waals surface area contributed by atoms with Gasteiger partial charge in [-0.25, -0.2) is 0 Å². The summed E-state index contributed by atoms with van der Waals surface area (Å²) in [7, 11) is 1.58. The third kappa shape index (κ3) is 3.27. The average Bonchev–Trinajstić information content (AvgIpc) is 2.92. The number of rotatable bonds is 6. The molecule has 1 atom stereocenters. The van der Waals surface area contributed by atoms with Gasteiger partial charge in [-0.3, -0.25) is 0 Å². The van der Waals surface area contributed by atoms with Gasteiger partial charge >= 0.3 is 0 Å². The summed E-state index contributed by atoms with van der Waals surface area (Å²) >= 11 is 0. The van der Waals surface area contributed by atoms with Gasteiger partial charge in [0.25, 0.3) is 0 Å². The Hall–Kier alpha value is -2.08. The van der Waals surface area contributed by atoms with Gasteiger partial charge in [-0.2, -0.15) is 4.98 Å². The summed E-state index contributed by atoms with van der Waals surface area (Å²) in [5.74, 6) is 2.25. The Bertz CT molecular complexity index is 566. The van der Waals surface area contributed by atoms with Crippen LogP contribution in [0.25, 0.3) is 0 Å². The van der Waals surface area contributed by atoms with Crippen molar-refractivity contribution in [2.45, 2.75) is 33.0 Å². The molecule has 0 aliphatic carbocycles. The van der Waals surface area contributed by atoms with Crippen molar-refractivity contribution in [2.24, 2.45) is 0 Å². The molecule has 0 aliphatic heterocycles. The lowest BCUT2D eigenvalue weighted by Gasteiger charge is -2.13. The highest BCUT2D eigenvalue weighted by molar-refractivity contribution is 5.41. The van der Waals surface area contributed by atoms with Crippen LogP contribution in [0.5, 0.6) is 11.5 Å². The number of hydrogen-bond donors (Lipinski definition) is 1. The first-order valence-corrected chi connectivity index (χ1v) is 6.44. The number of aliphatic hydroxyl groups is 1. The molecule has 1 N–H and O–H groups in total. The summed E-state index contributed by atoms with van der Waals surface area (Å²) in [4.78, 5) is 4.16. The van der Waals surface area contributed by atoms with E-state index in [0.717, 1.165) is 0 Å². The second kappa shape index (κ2) is 6.38. The summed E-state index contributed by atoms with van der Waals surface area (Å²) in [6.07, 6.45) is 0.0535. The molecule has 0 saturated heterocycles. The number of aromatic nitrogens is 2. The van der Waals surface area contributed by atoms with Crippen LogP contribution in [-0.4, -0.2) is 22.4 Å². The maximum absolute atomic E-state index is 9.74. The highest BCUT2D eigenvalue weighted by Gasteiger charge is 2.12. The molecule has 0 fully saturated rings. The van der Waals surface area contributed by atoms with Crippen molar-refractivity contribution in [1.29, 1.82) is 0 Å². The van der Waals surface area contributed by atoms with Crippen LogP contribution in [-0.2, 0) is 13.0 Å². The number of aryl methyl sites for hydroxylation is 1. The molecule has 2 rings (SSSR count). The third-order valence-electron chi connectivity index (χ3n) is 2.84. The molecule has 0 saturated carbocycles. The van der Waals surface area contributed by atoms with E-state index >= 15 is 0 Å². The SMILES string of the molecule is CCc1nc(COc2cc(OC)ccc2[C@@H](C)O)no1. The molecule has 0 bridgehead atoms. The van der Waals surface area contributed by atoms with Gasteiger partial charge in [0.1, 0.15) is 11.5 Å². The van der Waals surface area contributed by atoms with E-state index in [0.29, 0.717) is 35.2 Å². The molecule has 0 radical (unpaired) electrons. The van der Waals surface area contributed by atoms with Crippen molar-refractivity contribution in [3.8, 4) is 11.5 Å². The van der Waals surface area contributed by atoms with Gasteiger partial charge in [0.15, 0.2) is 6.61 Å². The number of methoxy groups -OCH3 is 1. The number of aliphatic hydroxyl groups excluding tert-OH is 1. The van der Waals surface area contributed by atoms with E-state index in [1.807, 2.05) is 6.92 Å². The van der Waals surface area contributed by atoms with Crippen LogP contribution >= 0.6 is 0 Å². The maximum Gasteiger partial charge on any atom is 0.226 e. The van der Waals surface area contributed by atoms with Crippen LogP contribution in [0.2, 0.25) is 0 Å². The lowest BCUT2D eigenvalue weighted by molar-refractivity contribution is 0.189. The number of hydrogen-bond acceptors (Lipinski definition) is 6. The smallest absolute Gasteiger partial charge is 0.226 e. The molecule has 2 aromatic rings. The van der Waals surface area contributed by atoms with Crippen molar-refractivity contribution in [3.63, 3.8) is 0 Å². The fourth-order valence-corrected chi connectivity index (χ4v) is 1.75. The zero-order valence-electron chi connectivity index (χ0n) is 11.8. The third-order valence-corrected chi connectivity index (χ3v) is 2.84. The van der Waals surface area contributed by atoms with Crippen molar-refractivity contribution < 1.29 is 19.1 Å². The Labute approximate surface area is 117 Å². The van der Waals surface area contributed by atoms with Crippen LogP contribution in [0.1, 0.15) is 37.2 Å². The first kappa shape index (κ1) is 14.3. The molecular formula is C14H18N2O4. The van der Waals surface area contributed by atoms with Crippen molar-refractivity contribution in [3.05, 3.63) is 35.5 Å². The van der Waals surface area contributed by atoms with Gasteiger partial charge in [0.2, 0.25) is 11.7 Å². The molecule has 1 heterocycles. The van der Waals surface area contributed by atoms with Gasteiger partial charge in [-0.15, -0.1) is 0 Å². The van der Waals surface area contributed by atoms with Crippen molar-refractivity contribution in [1.82, 2.24) is 10.1 Å². The fraction of sp³-hybridized carbons (Fsp3) is 0.429. The molecule has 108 valence electrons. The average molecular weight is 278 g/mol. The van der Waals surface area contributed by atoms with Crippen LogP contribution < -0.4 is 9.47 Å². The normalized spacial score (nSPS) is 12.2. The minimum Gasteiger partial charge on any atom is -0.497 e. The Kier molecular flexibility index (Phi) is 4.57. The second-order valence-corrected chi connectivity index (χ2v) is 4.33. The predicted molar refractivity (Wildman–Crippen MR) is 71.6 cm³/mol. The lowest BCUT2D eigenvalue weighted by Crippen LogP contribution is -2.03. The number of nitrogens with zero attached hydrogens (tertiary/aromatic N) is 2. The van der Waals surface area contributed by atoms with E-state index in [4.69, 9.17) is 14.0 Å². The maximum atomic E-state index is 9.74. The minimum atomic E-state index is -0.632. The Balaban J connectivity index is 2.14. The van der Waals surface area contributed by atoms with Crippen LogP contribution in [0.15, 0.2) is 22.7 Å². The number of ether oxygens (including phenoxy) is 2. The lowest BCUT2D eigenvalue weighted by atomic mass is 10.1. The van der Waals surface area contributed by atoms with Crippen LogP contribution in [0, 0.1) is 0 Å². The van der Waals surface area contributed by atoms with Crippen molar-refractivity contribution >= 4 is 0 Å².